The second-order valence-corrected chi connectivity index (χ2v) is 6.42. The van der Waals surface area contributed by atoms with Crippen LogP contribution in [0.4, 0.5) is 5.69 Å². The van der Waals surface area contributed by atoms with Gasteiger partial charge in [-0.05, 0) is 25.1 Å². The van der Waals surface area contributed by atoms with E-state index in [1.165, 1.54) is 0 Å². The van der Waals surface area contributed by atoms with Gasteiger partial charge in [0.15, 0.2) is 6.20 Å². The minimum Gasteiger partial charge on any atom is -0.315 e. The molecule has 1 aromatic carbocycles. The van der Waals surface area contributed by atoms with Crippen LogP contribution in [0.3, 0.4) is 0 Å². The third-order valence-electron chi connectivity index (χ3n) is 4.08. The van der Waals surface area contributed by atoms with Crippen molar-refractivity contribution in [2.24, 2.45) is 5.41 Å². The lowest BCUT2D eigenvalue weighted by Crippen LogP contribution is -2.56. The van der Waals surface area contributed by atoms with Gasteiger partial charge >= 0.3 is 0 Å². The molecule has 1 aromatic heterocycles. The molecule has 108 valence electrons. The topological polar surface area (TPSA) is 50.1 Å². The standard InChI is InChI=1S/C17H18N2O2/c1-11(20)10-17(2,3)15-16(21)18-13-8-4-6-12-7-5-9-19(15)14(12)13/h4-9,15H,10H2,1-3H3/p+1. The first-order valence-electron chi connectivity index (χ1n) is 7.13. The Balaban J connectivity index is 2.22. The maximum Gasteiger partial charge on any atom is 0.294 e. The zero-order chi connectivity index (χ0) is 15.2. The number of Topliss-reactive ketones (excluding diaryl/α,β-unsaturated/α-hetero) is 1. The van der Waals surface area contributed by atoms with Crippen LogP contribution in [0.25, 0.3) is 10.9 Å². The molecule has 0 bridgehead atoms. The van der Waals surface area contributed by atoms with Gasteiger partial charge in [-0.15, -0.1) is 0 Å². The molecule has 4 heteroatoms. The van der Waals surface area contributed by atoms with E-state index in [4.69, 9.17) is 0 Å². The van der Waals surface area contributed by atoms with Crippen LogP contribution in [-0.4, -0.2) is 11.7 Å². The van der Waals surface area contributed by atoms with Crippen LogP contribution in [0.5, 0.6) is 0 Å². The third-order valence-corrected chi connectivity index (χ3v) is 4.08. The molecule has 4 nitrogen and oxygen atoms in total. The van der Waals surface area contributed by atoms with Gasteiger partial charge in [-0.1, -0.05) is 19.9 Å². The molecule has 0 saturated carbocycles. The Morgan fingerprint density at radius 1 is 1.29 bits per heavy atom. The maximum atomic E-state index is 12.6. The molecule has 0 fully saturated rings. The first-order valence-corrected chi connectivity index (χ1v) is 7.13. The van der Waals surface area contributed by atoms with Gasteiger partial charge in [0.1, 0.15) is 11.5 Å². The Morgan fingerprint density at radius 3 is 2.71 bits per heavy atom. The zero-order valence-electron chi connectivity index (χ0n) is 12.5. The van der Waals surface area contributed by atoms with Gasteiger partial charge < -0.3 is 10.1 Å². The van der Waals surface area contributed by atoms with E-state index in [1.807, 2.05) is 54.9 Å². The molecule has 0 radical (unpaired) electrons. The number of benzene rings is 1. The Bertz CT molecular complexity index is 744. The summed E-state index contributed by atoms with van der Waals surface area (Å²) >= 11 is 0. The lowest BCUT2D eigenvalue weighted by atomic mass is 9.78. The molecule has 1 aliphatic heterocycles. The van der Waals surface area contributed by atoms with Crippen molar-refractivity contribution in [2.45, 2.75) is 33.2 Å². The van der Waals surface area contributed by atoms with Crippen LogP contribution in [0, 0.1) is 5.41 Å². The molecule has 21 heavy (non-hydrogen) atoms. The van der Waals surface area contributed by atoms with Crippen LogP contribution < -0.4 is 9.88 Å². The highest BCUT2D eigenvalue weighted by molar-refractivity contribution is 6.02. The highest BCUT2D eigenvalue weighted by Crippen LogP contribution is 2.36. The van der Waals surface area contributed by atoms with Gasteiger partial charge in [-0.3, -0.25) is 4.79 Å². The SMILES string of the molecule is CC(=O)CC(C)(C)C1C(=O)Nc2cccc3ccc[n+]1c23. The largest absolute Gasteiger partial charge is 0.315 e. The Morgan fingerprint density at radius 2 is 2.00 bits per heavy atom. The summed E-state index contributed by atoms with van der Waals surface area (Å²) in [5.41, 5.74) is 1.40. The number of carbonyl (C=O) groups excluding carboxylic acids is 2. The summed E-state index contributed by atoms with van der Waals surface area (Å²) in [5, 5.41) is 4.06. The molecular weight excluding hydrogens is 264 g/mol. The predicted molar refractivity (Wildman–Crippen MR) is 80.9 cm³/mol. The van der Waals surface area contributed by atoms with E-state index in [0.717, 1.165) is 16.6 Å². The number of hydrogen-bond acceptors (Lipinski definition) is 2. The number of amides is 1. The number of carbonyl (C=O) groups is 2. The van der Waals surface area contributed by atoms with E-state index in [0.29, 0.717) is 6.42 Å². The maximum absolute atomic E-state index is 12.6. The van der Waals surface area contributed by atoms with Crippen molar-refractivity contribution in [1.82, 2.24) is 0 Å². The minimum atomic E-state index is -0.442. The summed E-state index contributed by atoms with van der Waals surface area (Å²) in [6.45, 7) is 5.51. The van der Waals surface area contributed by atoms with E-state index < -0.39 is 5.41 Å². The normalized spacial score (nSPS) is 17.7. The Hall–Kier alpha value is -2.23. The molecule has 1 unspecified atom stereocenters. The summed E-state index contributed by atoms with van der Waals surface area (Å²) in [6.07, 6.45) is 2.30. The van der Waals surface area contributed by atoms with Gasteiger partial charge in [0.05, 0.1) is 0 Å². The van der Waals surface area contributed by atoms with Crippen molar-refractivity contribution in [3.63, 3.8) is 0 Å². The van der Waals surface area contributed by atoms with Crippen LogP contribution >= 0.6 is 0 Å². The summed E-state index contributed by atoms with van der Waals surface area (Å²) < 4.78 is 2.01. The van der Waals surface area contributed by atoms with Crippen LogP contribution in [0.1, 0.15) is 33.2 Å². The first-order chi connectivity index (χ1) is 9.90. The van der Waals surface area contributed by atoms with Crippen LogP contribution in [0.15, 0.2) is 36.5 Å². The fourth-order valence-corrected chi connectivity index (χ4v) is 3.41. The minimum absolute atomic E-state index is 0.0579. The lowest BCUT2D eigenvalue weighted by molar-refractivity contribution is -0.697. The van der Waals surface area contributed by atoms with E-state index in [2.05, 4.69) is 5.32 Å². The number of anilines is 1. The van der Waals surface area contributed by atoms with Crippen molar-refractivity contribution >= 4 is 28.3 Å². The van der Waals surface area contributed by atoms with Crippen LogP contribution in [-0.2, 0) is 9.59 Å². The second-order valence-electron chi connectivity index (χ2n) is 6.42. The number of pyridine rings is 1. The number of aromatic nitrogens is 1. The van der Waals surface area contributed by atoms with Gasteiger partial charge in [0.25, 0.3) is 5.91 Å². The predicted octanol–water partition coefficient (Wildman–Crippen LogP) is 2.63. The number of nitrogens with zero attached hydrogens (tertiary/aromatic N) is 1. The molecular formula is C17H19N2O2+. The van der Waals surface area contributed by atoms with E-state index in [-0.39, 0.29) is 17.7 Å². The molecule has 1 atom stereocenters. The molecule has 0 saturated heterocycles. The zero-order valence-corrected chi connectivity index (χ0v) is 12.5. The molecule has 2 heterocycles. The van der Waals surface area contributed by atoms with Gasteiger partial charge in [-0.25, -0.2) is 0 Å². The van der Waals surface area contributed by atoms with Crippen LogP contribution in [0.2, 0.25) is 0 Å². The number of nitrogens with one attached hydrogen (secondary N) is 1. The van der Waals surface area contributed by atoms with Gasteiger partial charge in [0.2, 0.25) is 11.6 Å². The quantitative estimate of drug-likeness (QED) is 0.880. The lowest BCUT2D eigenvalue weighted by Gasteiger charge is -2.31. The average Bonchev–Trinajstić information content (AvgIpc) is 2.37. The molecule has 0 aliphatic carbocycles. The fraction of sp³-hybridized carbons (Fsp3) is 0.353. The van der Waals surface area contributed by atoms with Gasteiger partial charge in [0, 0.05) is 23.3 Å². The Kier molecular flexibility index (Phi) is 3.04. The number of hydrogen-bond donors (Lipinski definition) is 1. The first kappa shape index (κ1) is 13.7. The summed E-state index contributed by atoms with van der Waals surface area (Å²) in [7, 11) is 0. The molecule has 1 amide bonds. The highest BCUT2D eigenvalue weighted by atomic mass is 16.2. The van der Waals surface area contributed by atoms with E-state index >= 15 is 0 Å². The number of rotatable bonds is 3. The summed E-state index contributed by atoms with van der Waals surface area (Å²) in [6, 6.07) is 9.46. The number of ketones is 1. The average molecular weight is 283 g/mol. The van der Waals surface area contributed by atoms with Crippen molar-refractivity contribution < 1.29 is 14.2 Å². The molecule has 2 aromatic rings. The highest BCUT2D eigenvalue weighted by Gasteiger charge is 2.47. The van der Waals surface area contributed by atoms with Crippen molar-refractivity contribution in [1.29, 1.82) is 0 Å². The van der Waals surface area contributed by atoms with Crippen molar-refractivity contribution in [3.8, 4) is 0 Å². The van der Waals surface area contributed by atoms with E-state index in [9.17, 15) is 9.59 Å². The third kappa shape index (κ3) is 2.20. The Labute approximate surface area is 123 Å². The molecule has 3 rings (SSSR count). The summed E-state index contributed by atoms with van der Waals surface area (Å²) in [5.74, 6) is 0.0388. The van der Waals surface area contributed by atoms with E-state index in [1.54, 1.807) is 6.92 Å². The monoisotopic (exact) mass is 283 g/mol. The van der Waals surface area contributed by atoms with Crippen molar-refractivity contribution in [2.75, 3.05) is 5.32 Å². The van der Waals surface area contributed by atoms with Gasteiger partial charge in [-0.2, -0.15) is 4.57 Å². The fourth-order valence-electron chi connectivity index (χ4n) is 3.41. The number of para-hydroxylation sites is 1. The molecule has 0 spiro atoms. The molecule has 1 aliphatic rings. The smallest absolute Gasteiger partial charge is 0.294 e. The summed E-state index contributed by atoms with van der Waals surface area (Å²) in [4.78, 5) is 24.1. The molecule has 1 N–H and O–H groups in total. The second kappa shape index (κ2) is 4.65. The van der Waals surface area contributed by atoms with Crippen molar-refractivity contribution in [3.05, 3.63) is 36.5 Å².